The van der Waals surface area contributed by atoms with Crippen LogP contribution in [0.25, 0.3) is 0 Å². The third kappa shape index (κ3) is 4.77. The maximum absolute atomic E-state index is 12.3. The molecule has 0 bridgehead atoms. The Morgan fingerprint density at radius 2 is 1.95 bits per heavy atom. The first kappa shape index (κ1) is 16.4. The molecule has 4 nitrogen and oxygen atoms in total. The zero-order valence-corrected chi connectivity index (χ0v) is 13.4. The molecule has 0 saturated carbocycles. The molecular formula is C15H31N3O. The largest absolute Gasteiger partial charge is 0.326 e. The SMILES string of the molecule is CC(C)CC1NC(C)N(CCCN(C)C(C)C)C1=O. The van der Waals surface area contributed by atoms with Crippen molar-refractivity contribution >= 4 is 5.91 Å². The van der Waals surface area contributed by atoms with Gasteiger partial charge in [-0.2, -0.15) is 0 Å². The highest BCUT2D eigenvalue weighted by atomic mass is 16.2. The fourth-order valence-corrected chi connectivity index (χ4v) is 2.54. The summed E-state index contributed by atoms with van der Waals surface area (Å²) >= 11 is 0. The molecule has 1 saturated heterocycles. The first-order valence-corrected chi connectivity index (χ1v) is 7.59. The molecule has 1 fully saturated rings. The van der Waals surface area contributed by atoms with Crippen molar-refractivity contribution in [2.75, 3.05) is 20.1 Å². The molecule has 0 radical (unpaired) electrons. The molecule has 0 aromatic carbocycles. The maximum Gasteiger partial charge on any atom is 0.241 e. The standard InChI is InChI=1S/C15H31N3O/c1-11(2)10-14-15(19)18(13(5)16-14)9-7-8-17(6)12(3)4/h11-14,16H,7-10H2,1-6H3. The first-order valence-electron chi connectivity index (χ1n) is 7.59. The van der Waals surface area contributed by atoms with E-state index in [1.807, 2.05) is 4.90 Å². The van der Waals surface area contributed by atoms with E-state index < -0.39 is 0 Å². The molecule has 1 rings (SSSR count). The lowest BCUT2D eigenvalue weighted by atomic mass is 10.0. The van der Waals surface area contributed by atoms with Gasteiger partial charge in [0, 0.05) is 12.6 Å². The first-order chi connectivity index (χ1) is 8.82. The molecule has 1 heterocycles. The summed E-state index contributed by atoms with van der Waals surface area (Å²) in [5.74, 6) is 0.842. The Bertz CT molecular complexity index is 291. The Morgan fingerprint density at radius 3 is 2.47 bits per heavy atom. The van der Waals surface area contributed by atoms with E-state index in [0.29, 0.717) is 12.0 Å². The van der Waals surface area contributed by atoms with Crippen LogP contribution in [0.2, 0.25) is 0 Å². The van der Waals surface area contributed by atoms with Crippen LogP contribution in [-0.4, -0.2) is 54.1 Å². The van der Waals surface area contributed by atoms with Crippen molar-refractivity contribution in [1.82, 2.24) is 15.1 Å². The number of amides is 1. The number of hydrogen-bond acceptors (Lipinski definition) is 3. The van der Waals surface area contributed by atoms with Crippen molar-refractivity contribution in [2.45, 2.75) is 65.7 Å². The summed E-state index contributed by atoms with van der Waals surface area (Å²) < 4.78 is 0. The molecule has 0 aromatic rings. The molecule has 1 N–H and O–H groups in total. The minimum atomic E-state index is 0.0258. The normalized spacial score (nSPS) is 24.3. The average Bonchev–Trinajstić information content (AvgIpc) is 2.55. The summed E-state index contributed by atoms with van der Waals surface area (Å²) in [5, 5.41) is 3.41. The Morgan fingerprint density at radius 1 is 1.32 bits per heavy atom. The van der Waals surface area contributed by atoms with Crippen molar-refractivity contribution in [3.8, 4) is 0 Å². The number of nitrogens with one attached hydrogen (secondary N) is 1. The molecule has 0 aromatic heterocycles. The zero-order chi connectivity index (χ0) is 14.6. The van der Waals surface area contributed by atoms with Gasteiger partial charge in [0.25, 0.3) is 0 Å². The molecule has 1 aliphatic rings. The van der Waals surface area contributed by atoms with Crippen LogP contribution in [-0.2, 0) is 4.79 Å². The smallest absolute Gasteiger partial charge is 0.241 e. The third-order valence-electron chi connectivity index (χ3n) is 3.99. The van der Waals surface area contributed by atoms with E-state index in [4.69, 9.17) is 0 Å². The van der Waals surface area contributed by atoms with Gasteiger partial charge in [-0.15, -0.1) is 0 Å². The van der Waals surface area contributed by atoms with Crippen LogP contribution in [0, 0.1) is 5.92 Å². The lowest BCUT2D eigenvalue weighted by Crippen LogP contribution is -2.37. The van der Waals surface area contributed by atoms with Gasteiger partial charge in [0.05, 0.1) is 12.2 Å². The second-order valence-electron chi connectivity index (χ2n) is 6.48. The Balaban J connectivity index is 2.39. The lowest BCUT2D eigenvalue weighted by Gasteiger charge is -2.24. The lowest BCUT2D eigenvalue weighted by molar-refractivity contribution is -0.130. The molecule has 1 amide bonds. The average molecular weight is 269 g/mol. The second kappa shape index (κ2) is 7.25. The fourth-order valence-electron chi connectivity index (χ4n) is 2.54. The van der Waals surface area contributed by atoms with Crippen molar-refractivity contribution in [3.63, 3.8) is 0 Å². The summed E-state index contributed by atoms with van der Waals surface area (Å²) in [5.41, 5.74) is 0. The minimum Gasteiger partial charge on any atom is -0.326 e. The van der Waals surface area contributed by atoms with Gasteiger partial charge in [0.1, 0.15) is 0 Å². The third-order valence-corrected chi connectivity index (χ3v) is 3.99. The van der Waals surface area contributed by atoms with Gasteiger partial charge < -0.3 is 9.80 Å². The molecule has 1 aliphatic heterocycles. The predicted octanol–water partition coefficient (Wildman–Crippen LogP) is 1.91. The van der Waals surface area contributed by atoms with Crippen LogP contribution in [0.15, 0.2) is 0 Å². The number of nitrogens with zero attached hydrogens (tertiary/aromatic N) is 2. The highest BCUT2D eigenvalue weighted by Crippen LogP contribution is 2.17. The van der Waals surface area contributed by atoms with E-state index in [1.54, 1.807) is 0 Å². The minimum absolute atomic E-state index is 0.0258. The Kier molecular flexibility index (Phi) is 6.27. The van der Waals surface area contributed by atoms with Crippen molar-refractivity contribution < 1.29 is 4.79 Å². The van der Waals surface area contributed by atoms with E-state index in [-0.39, 0.29) is 18.1 Å². The quantitative estimate of drug-likeness (QED) is 0.767. The van der Waals surface area contributed by atoms with Gasteiger partial charge in [-0.3, -0.25) is 10.1 Å². The van der Waals surface area contributed by atoms with Gasteiger partial charge in [0.15, 0.2) is 0 Å². The highest BCUT2D eigenvalue weighted by molar-refractivity contribution is 5.84. The maximum atomic E-state index is 12.3. The van der Waals surface area contributed by atoms with Gasteiger partial charge >= 0.3 is 0 Å². The van der Waals surface area contributed by atoms with E-state index in [1.165, 1.54) is 0 Å². The van der Waals surface area contributed by atoms with Crippen LogP contribution < -0.4 is 5.32 Å². The van der Waals surface area contributed by atoms with Gasteiger partial charge in [-0.25, -0.2) is 0 Å². The Labute approximate surface area is 118 Å². The molecular weight excluding hydrogens is 238 g/mol. The van der Waals surface area contributed by atoms with Crippen LogP contribution >= 0.6 is 0 Å². The number of carbonyl (C=O) groups is 1. The summed E-state index contributed by atoms with van der Waals surface area (Å²) in [7, 11) is 2.14. The monoisotopic (exact) mass is 269 g/mol. The molecule has 112 valence electrons. The predicted molar refractivity (Wildman–Crippen MR) is 79.9 cm³/mol. The summed E-state index contributed by atoms with van der Waals surface area (Å²) in [6.45, 7) is 12.7. The van der Waals surface area contributed by atoms with Crippen LogP contribution in [0.1, 0.15) is 47.5 Å². The van der Waals surface area contributed by atoms with Crippen LogP contribution in [0.5, 0.6) is 0 Å². The van der Waals surface area contributed by atoms with E-state index >= 15 is 0 Å². The molecule has 4 heteroatoms. The molecule has 0 spiro atoms. The number of rotatable bonds is 7. The summed E-state index contributed by atoms with van der Waals surface area (Å²) in [6.07, 6.45) is 2.16. The number of hydrogen-bond donors (Lipinski definition) is 1. The molecule has 0 aliphatic carbocycles. The van der Waals surface area contributed by atoms with Crippen molar-refractivity contribution in [2.24, 2.45) is 5.92 Å². The van der Waals surface area contributed by atoms with Crippen LogP contribution in [0.3, 0.4) is 0 Å². The Hall–Kier alpha value is -0.610. The summed E-state index contributed by atoms with van der Waals surface area (Å²) in [4.78, 5) is 16.6. The van der Waals surface area contributed by atoms with Crippen molar-refractivity contribution in [1.29, 1.82) is 0 Å². The van der Waals surface area contributed by atoms with E-state index in [0.717, 1.165) is 25.9 Å². The summed E-state index contributed by atoms with van der Waals surface area (Å²) in [6, 6.07) is 0.594. The van der Waals surface area contributed by atoms with Gasteiger partial charge in [-0.1, -0.05) is 13.8 Å². The number of carbonyl (C=O) groups excluding carboxylic acids is 1. The van der Waals surface area contributed by atoms with E-state index in [2.05, 4.69) is 51.9 Å². The second-order valence-corrected chi connectivity index (χ2v) is 6.48. The molecule has 2 atom stereocenters. The van der Waals surface area contributed by atoms with E-state index in [9.17, 15) is 4.79 Å². The van der Waals surface area contributed by atoms with Gasteiger partial charge in [-0.05, 0) is 53.1 Å². The highest BCUT2D eigenvalue weighted by Gasteiger charge is 2.35. The molecule has 19 heavy (non-hydrogen) atoms. The topological polar surface area (TPSA) is 35.6 Å². The fraction of sp³-hybridized carbons (Fsp3) is 0.933. The van der Waals surface area contributed by atoms with Crippen LogP contribution in [0.4, 0.5) is 0 Å². The van der Waals surface area contributed by atoms with Crippen molar-refractivity contribution in [3.05, 3.63) is 0 Å². The zero-order valence-electron chi connectivity index (χ0n) is 13.4. The van der Waals surface area contributed by atoms with Gasteiger partial charge in [0.2, 0.25) is 5.91 Å². The molecule has 2 unspecified atom stereocenters.